The van der Waals surface area contributed by atoms with E-state index in [4.69, 9.17) is 11.6 Å². The molecule has 0 aliphatic carbocycles. The van der Waals surface area contributed by atoms with Crippen LogP contribution in [-0.2, 0) is 17.8 Å². The van der Waals surface area contributed by atoms with Crippen molar-refractivity contribution in [3.05, 3.63) is 57.8 Å². The molecule has 0 radical (unpaired) electrons. The summed E-state index contributed by atoms with van der Waals surface area (Å²) in [6.07, 6.45) is 4.40. The van der Waals surface area contributed by atoms with Crippen molar-refractivity contribution in [1.29, 1.82) is 0 Å². The number of carbonyl (C=O) groups excluding carboxylic acids is 1. The van der Waals surface area contributed by atoms with E-state index in [9.17, 15) is 4.79 Å². The molecule has 1 N–H and O–H groups in total. The van der Waals surface area contributed by atoms with Crippen molar-refractivity contribution in [3.63, 3.8) is 0 Å². The van der Waals surface area contributed by atoms with Crippen LogP contribution in [0, 0.1) is 0 Å². The Bertz CT molecular complexity index is 776. The number of amides is 1. The fourth-order valence-electron chi connectivity index (χ4n) is 2.49. The fourth-order valence-corrected chi connectivity index (χ4v) is 3.24. The summed E-state index contributed by atoms with van der Waals surface area (Å²) in [6, 6.07) is 7.51. The first-order valence-electron chi connectivity index (χ1n) is 7.82. The van der Waals surface area contributed by atoms with Gasteiger partial charge < -0.3 is 5.32 Å². The predicted molar refractivity (Wildman–Crippen MR) is 95.5 cm³/mol. The van der Waals surface area contributed by atoms with Gasteiger partial charge in [-0.15, -0.1) is 16.4 Å². The third kappa shape index (κ3) is 5.33. The van der Waals surface area contributed by atoms with Gasteiger partial charge in [-0.25, -0.2) is 9.67 Å². The second kappa shape index (κ2) is 8.68. The lowest BCUT2D eigenvalue weighted by molar-refractivity contribution is -0.121. The van der Waals surface area contributed by atoms with Crippen LogP contribution in [0.2, 0.25) is 5.02 Å². The Labute approximate surface area is 154 Å². The van der Waals surface area contributed by atoms with E-state index in [-0.39, 0.29) is 11.8 Å². The molecule has 3 rings (SSSR count). The molecular weight excluding hydrogens is 360 g/mol. The number of rotatable bonds is 8. The van der Waals surface area contributed by atoms with Crippen molar-refractivity contribution in [2.75, 3.05) is 6.54 Å². The summed E-state index contributed by atoms with van der Waals surface area (Å²) < 4.78 is 1.63. The van der Waals surface area contributed by atoms with E-state index in [2.05, 4.69) is 25.8 Å². The molecule has 9 heteroatoms. The molecule has 0 aliphatic rings. The Kier molecular flexibility index (Phi) is 6.08. The van der Waals surface area contributed by atoms with Crippen LogP contribution in [0.5, 0.6) is 0 Å². The predicted octanol–water partition coefficient (Wildman–Crippen LogP) is 2.32. The summed E-state index contributed by atoms with van der Waals surface area (Å²) in [6.45, 7) is 1.10. The van der Waals surface area contributed by atoms with Crippen LogP contribution in [0.3, 0.4) is 0 Å². The fraction of sp³-hybridized carbons (Fsp3) is 0.312. The van der Waals surface area contributed by atoms with Gasteiger partial charge in [0.25, 0.3) is 0 Å². The molecule has 0 unspecified atom stereocenters. The largest absolute Gasteiger partial charge is 0.356 e. The molecule has 0 aliphatic heterocycles. The molecule has 7 nitrogen and oxygen atoms in total. The zero-order valence-electron chi connectivity index (χ0n) is 13.4. The Morgan fingerprint density at radius 1 is 1.32 bits per heavy atom. The van der Waals surface area contributed by atoms with Crippen molar-refractivity contribution in [3.8, 4) is 0 Å². The number of hydrogen-bond donors (Lipinski definition) is 1. The van der Waals surface area contributed by atoms with Crippen molar-refractivity contribution in [1.82, 2.24) is 30.5 Å². The minimum atomic E-state index is -0.0411. The summed E-state index contributed by atoms with van der Waals surface area (Å²) >= 11 is 7.55. The van der Waals surface area contributed by atoms with E-state index in [0.29, 0.717) is 24.5 Å². The van der Waals surface area contributed by atoms with Gasteiger partial charge in [-0.05, 0) is 28.1 Å². The standard InChI is InChI=1S/C16H17ClN6OS/c17-14-3-1-12(2-4-14)13(10-23-11-20-21-22-23)9-15(24)18-6-5-16-19-7-8-25-16/h1-4,7-8,11,13H,5-6,9-10H2,(H,18,24)/t13-/m1/s1. The summed E-state index contributed by atoms with van der Waals surface area (Å²) in [4.78, 5) is 16.5. The van der Waals surface area contributed by atoms with Gasteiger partial charge in [-0.2, -0.15) is 0 Å². The highest BCUT2D eigenvalue weighted by Crippen LogP contribution is 2.23. The molecule has 2 heterocycles. The van der Waals surface area contributed by atoms with Gasteiger partial charge in [-0.3, -0.25) is 4.79 Å². The molecule has 0 saturated carbocycles. The average molecular weight is 377 g/mol. The number of benzene rings is 1. The van der Waals surface area contributed by atoms with E-state index in [1.54, 1.807) is 28.5 Å². The highest BCUT2D eigenvalue weighted by molar-refractivity contribution is 7.09. The van der Waals surface area contributed by atoms with Gasteiger partial charge in [0.1, 0.15) is 6.33 Å². The minimum Gasteiger partial charge on any atom is -0.356 e. The van der Waals surface area contributed by atoms with E-state index in [1.807, 2.05) is 29.6 Å². The molecule has 2 aromatic heterocycles. The lowest BCUT2D eigenvalue weighted by Crippen LogP contribution is -2.28. The molecule has 0 saturated heterocycles. The number of tetrazole rings is 1. The number of nitrogens with zero attached hydrogens (tertiary/aromatic N) is 5. The number of hydrogen-bond acceptors (Lipinski definition) is 6. The van der Waals surface area contributed by atoms with Crippen LogP contribution in [0.15, 0.2) is 42.2 Å². The van der Waals surface area contributed by atoms with Gasteiger partial charge in [0, 0.05) is 41.9 Å². The monoisotopic (exact) mass is 376 g/mol. The topological polar surface area (TPSA) is 85.6 Å². The second-order valence-electron chi connectivity index (χ2n) is 5.51. The highest BCUT2D eigenvalue weighted by Gasteiger charge is 2.17. The van der Waals surface area contributed by atoms with Crippen LogP contribution in [0.25, 0.3) is 0 Å². The number of aromatic nitrogens is 5. The van der Waals surface area contributed by atoms with E-state index < -0.39 is 0 Å². The lowest BCUT2D eigenvalue weighted by Gasteiger charge is -2.17. The second-order valence-corrected chi connectivity index (χ2v) is 6.93. The molecule has 1 amide bonds. The maximum atomic E-state index is 12.3. The number of halogens is 1. The van der Waals surface area contributed by atoms with Gasteiger partial charge >= 0.3 is 0 Å². The molecule has 1 aromatic carbocycles. The highest BCUT2D eigenvalue weighted by atomic mass is 35.5. The number of thiazole rings is 1. The third-order valence-corrected chi connectivity index (χ3v) is 4.81. The molecular formula is C16H17ClN6OS. The van der Waals surface area contributed by atoms with Gasteiger partial charge in [-0.1, -0.05) is 23.7 Å². The Morgan fingerprint density at radius 2 is 2.16 bits per heavy atom. The van der Waals surface area contributed by atoms with Crippen LogP contribution < -0.4 is 5.32 Å². The van der Waals surface area contributed by atoms with Crippen LogP contribution in [0.4, 0.5) is 0 Å². The normalized spacial score (nSPS) is 12.0. The SMILES string of the molecule is O=C(C[C@H](Cn1cnnn1)c1ccc(Cl)cc1)NCCc1nccs1. The maximum absolute atomic E-state index is 12.3. The van der Waals surface area contributed by atoms with Gasteiger partial charge in [0.15, 0.2) is 0 Å². The number of nitrogens with one attached hydrogen (secondary N) is 1. The quantitative estimate of drug-likeness (QED) is 0.652. The Balaban J connectivity index is 1.60. The summed E-state index contributed by atoms with van der Waals surface area (Å²) in [7, 11) is 0. The summed E-state index contributed by atoms with van der Waals surface area (Å²) in [5, 5.41) is 17.7. The van der Waals surface area contributed by atoms with Crippen molar-refractivity contribution in [2.45, 2.75) is 25.3 Å². The van der Waals surface area contributed by atoms with Gasteiger partial charge in [0.2, 0.25) is 5.91 Å². The average Bonchev–Trinajstić information content (AvgIpc) is 3.29. The van der Waals surface area contributed by atoms with Crippen LogP contribution in [-0.4, -0.2) is 37.6 Å². The van der Waals surface area contributed by atoms with Gasteiger partial charge in [0.05, 0.1) is 11.6 Å². The van der Waals surface area contributed by atoms with E-state index >= 15 is 0 Å². The summed E-state index contributed by atoms with van der Waals surface area (Å²) in [5.41, 5.74) is 1.02. The molecule has 25 heavy (non-hydrogen) atoms. The van der Waals surface area contributed by atoms with Crippen molar-refractivity contribution < 1.29 is 4.79 Å². The molecule has 3 aromatic rings. The zero-order valence-corrected chi connectivity index (χ0v) is 15.0. The smallest absolute Gasteiger partial charge is 0.220 e. The molecule has 0 bridgehead atoms. The molecule has 130 valence electrons. The van der Waals surface area contributed by atoms with Crippen molar-refractivity contribution >= 4 is 28.8 Å². The van der Waals surface area contributed by atoms with E-state index in [0.717, 1.165) is 17.0 Å². The van der Waals surface area contributed by atoms with Crippen LogP contribution >= 0.6 is 22.9 Å². The van der Waals surface area contributed by atoms with Crippen molar-refractivity contribution in [2.24, 2.45) is 0 Å². The lowest BCUT2D eigenvalue weighted by atomic mass is 9.95. The first-order valence-corrected chi connectivity index (χ1v) is 9.08. The zero-order chi connectivity index (χ0) is 17.5. The molecule has 0 fully saturated rings. The third-order valence-electron chi connectivity index (χ3n) is 3.72. The Morgan fingerprint density at radius 3 is 2.84 bits per heavy atom. The minimum absolute atomic E-state index is 0.00965. The first kappa shape index (κ1) is 17.5. The van der Waals surface area contributed by atoms with E-state index in [1.165, 1.54) is 0 Å². The summed E-state index contributed by atoms with van der Waals surface area (Å²) in [5.74, 6) is -0.0507. The first-order chi connectivity index (χ1) is 12.2. The maximum Gasteiger partial charge on any atom is 0.220 e. The number of carbonyl (C=O) groups is 1. The van der Waals surface area contributed by atoms with Crippen LogP contribution in [0.1, 0.15) is 22.9 Å². The Hall–Kier alpha value is -2.32. The molecule has 0 spiro atoms. The molecule has 1 atom stereocenters.